The van der Waals surface area contributed by atoms with Gasteiger partial charge in [0.1, 0.15) is 0 Å². The average Bonchev–Trinajstić information content (AvgIpc) is 3.31. The quantitative estimate of drug-likeness (QED) is 0.722. The van der Waals surface area contributed by atoms with Crippen molar-refractivity contribution in [3.05, 3.63) is 24.5 Å². The molecule has 0 aromatic carbocycles. The van der Waals surface area contributed by atoms with Crippen LogP contribution in [-0.2, 0) is 14.6 Å². The number of nitrogens with one attached hydrogen (secondary N) is 1. The fraction of sp³-hybridized carbons (Fsp3) is 0.529. The molecule has 1 saturated heterocycles. The molecule has 1 aliphatic carbocycles. The third-order valence-corrected chi connectivity index (χ3v) is 7.55. The number of sulfone groups is 1. The highest BCUT2D eigenvalue weighted by Crippen LogP contribution is 2.41. The minimum atomic E-state index is -3.02. The Morgan fingerprint density at radius 1 is 1.33 bits per heavy atom. The van der Waals surface area contributed by atoms with E-state index in [9.17, 15) is 13.2 Å². The van der Waals surface area contributed by atoms with Crippen molar-refractivity contribution in [3.8, 4) is 11.4 Å². The number of hydrogen-bond acceptors (Lipinski definition) is 7. The molecule has 2 fully saturated rings. The van der Waals surface area contributed by atoms with Crippen LogP contribution in [-0.4, -0.2) is 56.9 Å². The van der Waals surface area contributed by atoms with E-state index in [0.29, 0.717) is 17.6 Å². The second-order valence-electron chi connectivity index (χ2n) is 7.02. The predicted octanol–water partition coefficient (Wildman–Crippen LogP) is 1.46. The summed E-state index contributed by atoms with van der Waals surface area (Å²) in [4.78, 5) is 16.6. The third-order valence-electron chi connectivity index (χ3n) is 4.73. The number of pyridine rings is 1. The second kappa shape index (κ2) is 7.23. The van der Waals surface area contributed by atoms with Crippen LogP contribution in [0.2, 0.25) is 0 Å². The van der Waals surface area contributed by atoms with E-state index in [0.717, 1.165) is 24.2 Å². The minimum Gasteiger partial charge on any atom is -0.351 e. The van der Waals surface area contributed by atoms with Crippen molar-refractivity contribution in [3.63, 3.8) is 0 Å². The van der Waals surface area contributed by atoms with E-state index in [1.54, 1.807) is 19.3 Å². The maximum Gasteiger partial charge on any atom is 0.233 e. The summed E-state index contributed by atoms with van der Waals surface area (Å²) in [6, 6.07) is 3.87. The molecule has 0 bridgehead atoms. The van der Waals surface area contributed by atoms with Crippen LogP contribution in [0.1, 0.15) is 32.2 Å². The molecule has 3 heterocycles. The van der Waals surface area contributed by atoms with Gasteiger partial charge in [0, 0.05) is 30.0 Å². The molecule has 4 rings (SSSR count). The number of nitrogens with zero attached hydrogens (tertiary/aromatic N) is 4. The molecule has 2 aromatic rings. The monoisotopic (exact) mass is 407 g/mol. The van der Waals surface area contributed by atoms with Crippen molar-refractivity contribution < 1.29 is 13.2 Å². The Bertz CT molecular complexity index is 941. The minimum absolute atomic E-state index is 0.0273. The van der Waals surface area contributed by atoms with Gasteiger partial charge in [-0.25, -0.2) is 8.42 Å². The van der Waals surface area contributed by atoms with Crippen molar-refractivity contribution in [1.29, 1.82) is 0 Å². The summed E-state index contributed by atoms with van der Waals surface area (Å²) in [5.74, 6) is 0.765. The van der Waals surface area contributed by atoms with Crippen molar-refractivity contribution in [2.75, 3.05) is 11.5 Å². The highest BCUT2D eigenvalue weighted by atomic mass is 32.2. The second-order valence-corrected chi connectivity index (χ2v) is 10.6. The molecular formula is C17H21N5O3S2. The average molecular weight is 408 g/mol. The fourth-order valence-corrected chi connectivity index (χ4v) is 5.75. The van der Waals surface area contributed by atoms with Crippen molar-refractivity contribution in [1.82, 2.24) is 25.1 Å². The van der Waals surface area contributed by atoms with Gasteiger partial charge in [0.2, 0.25) is 5.91 Å². The van der Waals surface area contributed by atoms with Crippen LogP contribution in [0.3, 0.4) is 0 Å². The molecule has 8 nitrogen and oxygen atoms in total. The van der Waals surface area contributed by atoms with E-state index in [1.165, 1.54) is 11.8 Å². The molecule has 0 unspecified atom stereocenters. The van der Waals surface area contributed by atoms with E-state index in [-0.39, 0.29) is 23.5 Å². The molecule has 2 aliphatic rings. The number of rotatable bonds is 6. The summed E-state index contributed by atoms with van der Waals surface area (Å²) < 4.78 is 25.2. The van der Waals surface area contributed by atoms with Gasteiger partial charge >= 0.3 is 0 Å². The molecule has 2 aromatic heterocycles. The normalized spacial score (nSPS) is 22.5. The summed E-state index contributed by atoms with van der Waals surface area (Å²) in [5.41, 5.74) is 0.900. The first-order chi connectivity index (χ1) is 12.9. The summed E-state index contributed by atoms with van der Waals surface area (Å²) >= 11 is 1.35. The lowest BCUT2D eigenvalue weighted by Crippen LogP contribution is -2.40. The summed E-state index contributed by atoms with van der Waals surface area (Å²) in [6.45, 7) is 1.80. The summed E-state index contributed by atoms with van der Waals surface area (Å²) in [5, 5.41) is 11.8. The number of hydrogen-bond donors (Lipinski definition) is 1. The Labute approximate surface area is 162 Å². The van der Waals surface area contributed by atoms with Gasteiger partial charge < -0.3 is 5.32 Å². The molecule has 1 saturated carbocycles. The summed E-state index contributed by atoms with van der Waals surface area (Å²) in [7, 11) is -3.02. The molecule has 10 heteroatoms. The highest BCUT2D eigenvalue weighted by molar-refractivity contribution is 8.00. The van der Waals surface area contributed by atoms with E-state index in [4.69, 9.17) is 0 Å². The van der Waals surface area contributed by atoms with Crippen LogP contribution < -0.4 is 5.32 Å². The van der Waals surface area contributed by atoms with Crippen LogP contribution in [0, 0.1) is 0 Å². The first kappa shape index (κ1) is 18.4. The Morgan fingerprint density at radius 2 is 2.15 bits per heavy atom. The van der Waals surface area contributed by atoms with Gasteiger partial charge in [-0.3, -0.25) is 14.3 Å². The first-order valence-corrected chi connectivity index (χ1v) is 11.7. The van der Waals surface area contributed by atoms with Gasteiger partial charge in [0.15, 0.2) is 20.8 Å². The smallest absolute Gasteiger partial charge is 0.233 e. The number of carbonyl (C=O) groups is 1. The van der Waals surface area contributed by atoms with Crippen molar-refractivity contribution >= 4 is 27.5 Å². The van der Waals surface area contributed by atoms with Crippen LogP contribution in [0.4, 0.5) is 0 Å². The van der Waals surface area contributed by atoms with E-state index >= 15 is 0 Å². The lowest BCUT2D eigenvalue weighted by molar-refractivity contribution is -0.120. The van der Waals surface area contributed by atoms with Crippen LogP contribution >= 0.6 is 11.8 Å². The first-order valence-electron chi connectivity index (χ1n) is 8.96. The zero-order valence-corrected chi connectivity index (χ0v) is 16.5. The van der Waals surface area contributed by atoms with Crippen LogP contribution in [0.15, 0.2) is 29.7 Å². The highest BCUT2D eigenvalue weighted by Gasteiger charge is 2.33. The number of aromatic nitrogens is 4. The largest absolute Gasteiger partial charge is 0.351 e. The predicted molar refractivity (Wildman–Crippen MR) is 102 cm³/mol. The molecule has 1 amide bonds. The Hall–Kier alpha value is -1.94. The topological polar surface area (TPSA) is 107 Å². The lowest BCUT2D eigenvalue weighted by Gasteiger charge is -2.16. The third kappa shape index (κ3) is 4.16. The van der Waals surface area contributed by atoms with Gasteiger partial charge in [-0.1, -0.05) is 11.8 Å². The number of amides is 1. The van der Waals surface area contributed by atoms with Gasteiger partial charge in [0.25, 0.3) is 0 Å². The van der Waals surface area contributed by atoms with E-state index in [1.807, 2.05) is 12.1 Å². The SMILES string of the molecule is C[C@H](Sc1nnc(-c2cccnc2)n1C1CC1)C(=O)N[C@H]1CCS(=O)(=O)C1. The Balaban J connectivity index is 1.48. The maximum atomic E-state index is 12.5. The van der Waals surface area contributed by atoms with Gasteiger partial charge in [-0.15, -0.1) is 10.2 Å². The number of carbonyl (C=O) groups excluding carboxylic acids is 1. The Morgan fingerprint density at radius 3 is 2.78 bits per heavy atom. The molecular weight excluding hydrogens is 386 g/mol. The molecule has 144 valence electrons. The molecule has 2 atom stereocenters. The van der Waals surface area contributed by atoms with Crippen LogP contribution in [0.5, 0.6) is 0 Å². The molecule has 27 heavy (non-hydrogen) atoms. The standard InChI is InChI=1S/C17H21N5O3S2/c1-11(16(23)19-13-6-8-27(24,25)10-13)26-17-21-20-15(22(17)14-4-5-14)12-3-2-7-18-9-12/h2-3,7,9,11,13-14H,4-6,8,10H2,1H3,(H,19,23)/t11-,13-/m0/s1. The molecule has 1 N–H and O–H groups in total. The van der Waals surface area contributed by atoms with Gasteiger partial charge in [-0.05, 0) is 38.3 Å². The van der Waals surface area contributed by atoms with Crippen molar-refractivity contribution in [2.24, 2.45) is 0 Å². The lowest BCUT2D eigenvalue weighted by atomic mass is 10.2. The Kier molecular flexibility index (Phi) is 4.94. The van der Waals surface area contributed by atoms with Gasteiger partial charge in [-0.2, -0.15) is 0 Å². The zero-order valence-electron chi connectivity index (χ0n) is 14.9. The van der Waals surface area contributed by atoms with Crippen molar-refractivity contribution in [2.45, 2.75) is 48.7 Å². The van der Waals surface area contributed by atoms with Crippen LogP contribution in [0.25, 0.3) is 11.4 Å². The van der Waals surface area contributed by atoms with E-state index < -0.39 is 15.1 Å². The number of thioether (sulfide) groups is 1. The fourth-order valence-electron chi connectivity index (χ4n) is 3.15. The van der Waals surface area contributed by atoms with Gasteiger partial charge in [0.05, 0.1) is 16.8 Å². The van der Waals surface area contributed by atoms with E-state index in [2.05, 4.69) is 25.1 Å². The molecule has 0 radical (unpaired) electrons. The maximum absolute atomic E-state index is 12.5. The zero-order chi connectivity index (χ0) is 19.0. The summed E-state index contributed by atoms with van der Waals surface area (Å²) in [6.07, 6.45) is 6.09. The molecule has 1 aliphatic heterocycles. The molecule has 0 spiro atoms.